The molecule has 0 radical (unpaired) electrons. The van der Waals surface area contributed by atoms with Gasteiger partial charge in [-0.2, -0.15) is 0 Å². The molecule has 0 bridgehead atoms. The molecule has 2 aromatic carbocycles. The lowest BCUT2D eigenvalue weighted by molar-refractivity contribution is 1.20. The van der Waals surface area contributed by atoms with Gasteiger partial charge in [0.1, 0.15) is 0 Å². The van der Waals surface area contributed by atoms with Gasteiger partial charge < -0.3 is 0 Å². The summed E-state index contributed by atoms with van der Waals surface area (Å²) in [4.78, 5) is 0. The molecule has 2 aromatic rings. The van der Waals surface area contributed by atoms with Crippen LogP contribution in [0.2, 0.25) is 0 Å². The summed E-state index contributed by atoms with van der Waals surface area (Å²) in [7, 11) is 0. The van der Waals surface area contributed by atoms with Crippen molar-refractivity contribution in [1.82, 2.24) is 0 Å². The molecule has 0 N–H and O–H groups in total. The van der Waals surface area contributed by atoms with E-state index in [0.717, 1.165) is 6.42 Å². The lowest BCUT2D eigenvalue weighted by Gasteiger charge is -2.07. The second-order valence-corrected chi connectivity index (χ2v) is 4.41. The van der Waals surface area contributed by atoms with Gasteiger partial charge >= 0.3 is 0 Å². The highest BCUT2D eigenvalue weighted by Gasteiger charge is 2.13. The van der Waals surface area contributed by atoms with Crippen LogP contribution >= 0.6 is 0 Å². The Kier molecular flexibility index (Phi) is 3.30. The number of allylic oxidation sites excluding steroid dienone is 1. The molecule has 0 aliphatic heterocycles. The summed E-state index contributed by atoms with van der Waals surface area (Å²) in [5.41, 5.74) is 6.99. The van der Waals surface area contributed by atoms with Crippen molar-refractivity contribution in [3.63, 3.8) is 0 Å². The molecule has 0 unspecified atom stereocenters. The summed E-state index contributed by atoms with van der Waals surface area (Å²) >= 11 is 0. The largest absolute Gasteiger partial charge is 0.0683 e. The van der Waals surface area contributed by atoms with Crippen molar-refractivity contribution in [3.05, 3.63) is 65.2 Å². The first-order chi connectivity index (χ1) is 7.84. The van der Waals surface area contributed by atoms with E-state index in [9.17, 15) is 0 Å². The van der Waals surface area contributed by atoms with E-state index in [4.69, 9.17) is 0 Å². The van der Waals surface area contributed by atoms with Crippen molar-refractivity contribution >= 4 is 17.0 Å². The van der Waals surface area contributed by atoms with Crippen LogP contribution in [0, 0.1) is 0 Å². The van der Waals surface area contributed by atoms with Gasteiger partial charge in [0.2, 0.25) is 0 Å². The standard InChI is InChI=1S/C16H14.H4Si/c1-12-10-14-8-5-9-15(16(14)11-12)13-6-3-2-4-7-13;/h2-9,11H,10H2,1H3;1H4. The Morgan fingerprint density at radius 3 is 2.41 bits per heavy atom. The van der Waals surface area contributed by atoms with E-state index in [1.165, 1.54) is 27.8 Å². The van der Waals surface area contributed by atoms with Gasteiger partial charge in [0.15, 0.2) is 0 Å². The zero-order valence-electron chi connectivity index (χ0n) is 9.40. The molecule has 0 saturated heterocycles. The van der Waals surface area contributed by atoms with E-state index in [0.29, 0.717) is 0 Å². The van der Waals surface area contributed by atoms with Crippen molar-refractivity contribution in [3.8, 4) is 11.1 Å². The predicted molar refractivity (Wildman–Crippen MR) is 80.6 cm³/mol. The predicted octanol–water partition coefficient (Wildman–Crippen LogP) is 2.86. The molecule has 0 heterocycles. The minimum Gasteiger partial charge on any atom is -0.0683 e. The first kappa shape index (κ1) is 11.9. The number of hydrogen-bond donors (Lipinski definition) is 0. The highest BCUT2D eigenvalue weighted by atomic mass is 28.1. The van der Waals surface area contributed by atoms with Crippen LogP contribution < -0.4 is 0 Å². The van der Waals surface area contributed by atoms with E-state index in [1.54, 1.807) is 0 Å². The Morgan fingerprint density at radius 1 is 0.882 bits per heavy atom. The monoisotopic (exact) mass is 238 g/mol. The molecule has 0 nitrogen and oxygen atoms in total. The summed E-state index contributed by atoms with van der Waals surface area (Å²) in [5.74, 6) is 0. The fourth-order valence-electron chi connectivity index (χ4n) is 2.40. The molecular formula is C16H18Si. The molecule has 17 heavy (non-hydrogen) atoms. The summed E-state index contributed by atoms with van der Waals surface area (Å²) in [6.07, 6.45) is 3.42. The summed E-state index contributed by atoms with van der Waals surface area (Å²) in [5, 5.41) is 0. The van der Waals surface area contributed by atoms with Gasteiger partial charge in [0, 0.05) is 0 Å². The minimum atomic E-state index is 0. The highest BCUT2D eigenvalue weighted by molar-refractivity contribution is 5.80. The van der Waals surface area contributed by atoms with E-state index in [1.807, 2.05) is 0 Å². The average Bonchev–Trinajstić information content (AvgIpc) is 2.70. The van der Waals surface area contributed by atoms with E-state index < -0.39 is 0 Å². The third-order valence-electron chi connectivity index (χ3n) is 3.14. The van der Waals surface area contributed by atoms with Gasteiger partial charge in [0.05, 0.1) is 0 Å². The normalized spacial score (nSPS) is 12.6. The highest BCUT2D eigenvalue weighted by Crippen LogP contribution is 2.33. The average molecular weight is 238 g/mol. The Bertz CT molecular complexity index is 553. The van der Waals surface area contributed by atoms with Crippen molar-refractivity contribution < 1.29 is 0 Å². The van der Waals surface area contributed by atoms with Gasteiger partial charge in [-0.15, -0.1) is 0 Å². The maximum absolute atomic E-state index is 2.32. The Hall–Kier alpha value is -1.60. The van der Waals surface area contributed by atoms with Crippen LogP contribution in [-0.2, 0) is 6.42 Å². The summed E-state index contributed by atoms with van der Waals surface area (Å²) in [6.45, 7) is 2.20. The SMILES string of the molecule is CC1=Cc2c(cccc2-c2ccccc2)C1.[SiH4]. The fourth-order valence-corrected chi connectivity index (χ4v) is 2.40. The first-order valence-corrected chi connectivity index (χ1v) is 5.69. The van der Waals surface area contributed by atoms with Gasteiger partial charge in [-0.05, 0) is 46.6 Å². The quantitative estimate of drug-likeness (QED) is 0.670. The molecule has 1 aliphatic rings. The van der Waals surface area contributed by atoms with Crippen LogP contribution in [0.5, 0.6) is 0 Å². The second-order valence-electron chi connectivity index (χ2n) is 4.41. The minimum absolute atomic E-state index is 0. The second kappa shape index (κ2) is 4.72. The molecule has 0 spiro atoms. The zero-order valence-corrected chi connectivity index (χ0v) is 9.40. The molecule has 1 aliphatic carbocycles. The number of fused-ring (bicyclic) bond motifs is 1. The molecule has 0 fully saturated rings. The Balaban J connectivity index is 0.00000108. The van der Waals surface area contributed by atoms with Crippen LogP contribution in [0.4, 0.5) is 0 Å². The summed E-state index contributed by atoms with van der Waals surface area (Å²) in [6, 6.07) is 17.2. The van der Waals surface area contributed by atoms with Gasteiger partial charge in [0.25, 0.3) is 0 Å². The lowest BCUT2D eigenvalue weighted by Crippen LogP contribution is -1.86. The van der Waals surface area contributed by atoms with Crippen LogP contribution in [0.1, 0.15) is 18.1 Å². The van der Waals surface area contributed by atoms with E-state index in [-0.39, 0.29) is 11.0 Å². The molecular weight excluding hydrogens is 220 g/mol. The molecule has 0 aromatic heterocycles. The van der Waals surface area contributed by atoms with Crippen LogP contribution in [-0.4, -0.2) is 11.0 Å². The molecule has 0 amide bonds. The smallest absolute Gasteiger partial charge is 0.00604 e. The van der Waals surface area contributed by atoms with Crippen LogP contribution in [0.25, 0.3) is 17.2 Å². The number of benzene rings is 2. The fraction of sp³-hybridized carbons (Fsp3) is 0.125. The molecule has 86 valence electrons. The van der Waals surface area contributed by atoms with Crippen LogP contribution in [0.15, 0.2) is 54.1 Å². The van der Waals surface area contributed by atoms with E-state index in [2.05, 4.69) is 61.5 Å². The van der Waals surface area contributed by atoms with Gasteiger partial charge in [-0.25, -0.2) is 0 Å². The molecule has 0 atom stereocenters. The topological polar surface area (TPSA) is 0 Å². The maximum atomic E-state index is 2.32. The molecule has 0 saturated carbocycles. The maximum Gasteiger partial charge on any atom is -0.00604 e. The third-order valence-corrected chi connectivity index (χ3v) is 3.14. The van der Waals surface area contributed by atoms with Crippen molar-refractivity contribution in [1.29, 1.82) is 0 Å². The summed E-state index contributed by atoms with van der Waals surface area (Å²) < 4.78 is 0. The van der Waals surface area contributed by atoms with Gasteiger partial charge in [-0.3, -0.25) is 0 Å². The Labute approximate surface area is 107 Å². The van der Waals surface area contributed by atoms with Crippen molar-refractivity contribution in [2.45, 2.75) is 13.3 Å². The Morgan fingerprint density at radius 2 is 1.65 bits per heavy atom. The lowest BCUT2D eigenvalue weighted by atomic mass is 9.97. The van der Waals surface area contributed by atoms with Crippen molar-refractivity contribution in [2.75, 3.05) is 0 Å². The number of rotatable bonds is 1. The third kappa shape index (κ3) is 2.11. The van der Waals surface area contributed by atoms with Crippen molar-refractivity contribution in [2.24, 2.45) is 0 Å². The zero-order chi connectivity index (χ0) is 11.0. The molecule has 3 rings (SSSR count). The van der Waals surface area contributed by atoms with Crippen LogP contribution in [0.3, 0.4) is 0 Å². The number of hydrogen-bond acceptors (Lipinski definition) is 0. The van der Waals surface area contributed by atoms with E-state index >= 15 is 0 Å². The van der Waals surface area contributed by atoms with Gasteiger partial charge in [-0.1, -0.05) is 60.2 Å². The molecule has 1 heteroatoms. The first-order valence-electron chi connectivity index (χ1n) is 5.69.